The number of nitrogens with two attached hydrogens (primary N) is 1. The van der Waals surface area contributed by atoms with Gasteiger partial charge in [0.2, 0.25) is 0 Å². The molecule has 1 aliphatic rings. The van der Waals surface area contributed by atoms with E-state index in [0.29, 0.717) is 31.3 Å². The van der Waals surface area contributed by atoms with Crippen molar-refractivity contribution in [2.75, 3.05) is 18.9 Å². The summed E-state index contributed by atoms with van der Waals surface area (Å²) in [4.78, 5) is 12.7. The van der Waals surface area contributed by atoms with Gasteiger partial charge in [-0.15, -0.1) is 0 Å². The van der Waals surface area contributed by atoms with Gasteiger partial charge in [0.25, 0.3) is 0 Å². The van der Waals surface area contributed by atoms with Crippen molar-refractivity contribution in [1.29, 1.82) is 0 Å². The molecule has 0 unspecified atom stereocenters. The van der Waals surface area contributed by atoms with Gasteiger partial charge in [0, 0.05) is 18.6 Å². The van der Waals surface area contributed by atoms with E-state index in [9.17, 15) is 4.79 Å². The summed E-state index contributed by atoms with van der Waals surface area (Å²) in [5.74, 6) is 0.420. The van der Waals surface area contributed by atoms with Crippen molar-refractivity contribution in [2.45, 2.75) is 25.7 Å². The Morgan fingerprint density at radius 3 is 2.26 bits per heavy atom. The number of carbonyl (C=O) groups excluding carboxylic acids is 1. The van der Waals surface area contributed by atoms with Crippen LogP contribution in [0.25, 0.3) is 0 Å². The summed E-state index contributed by atoms with van der Waals surface area (Å²) >= 11 is 0. The Balaban J connectivity index is 1.53. The minimum absolute atomic E-state index is 0.101. The molecule has 0 radical (unpaired) electrons. The first-order valence-electron chi connectivity index (χ1n) is 10.2. The maximum atomic E-state index is 12.7. The molecule has 6 nitrogen and oxygen atoms in total. The van der Waals surface area contributed by atoms with Crippen molar-refractivity contribution in [3.63, 3.8) is 0 Å². The number of anilines is 1. The average Bonchev–Trinajstić information content (AvgIpc) is 3.32. The van der Waals surface area contributed by atoms with Gasteiger partial charge >= 0.3 is 5.97 Å². The minimum atomic E-state index is -0.511. The van der Waals surface area contributed by atoms with Crippen LogP contribution in [0.5, 0.6) is 11.5 Å². The number of rotatable bonds is 8. The molecule has 3 aromatic carbocycles. The summed E-state index contributed by atoms with van der Waals surface area (Å²) in [7, 11) is 0. The molecule has 1 heterocycles. The van der Waals surface area contributed by atoms with Gasteiger partial charge in [-0.2, -0.15) is 0 Å². The summed E-state index contributed by atoms with van der Waals surface area (Å²) in [6, 6.07) is 22.5. The summed E-state index contributed by atoms with van der Waals surface area (Å²) < 4.78 is 22.9. The van der Waals surface area contributed by atoms with Crippen molar-refractivity contribution in [3.05, 3.63) is 89.5 Å². The standard InChI is InChI=1S/C25H25NO5/c26-22-14-23(29-15-18-7-3-1-4-8-18)24(31-20-11-12-28-17-20)13-21(22)25(27)30-16-19-9-5-2-6-10-19/h1-10,13-14,20H,11-12,15-17,26H2/t20-/m0/s1. The van der Waals surface area contributed by atoms with Gasteiger partial charge in [0.1, 0.15) is 19.3 Å². The Kier molecular flexibility index (Phi) is 6.69. The van der Waals surface area contributed by atoms with E-state index in [1.54, 1.807) is 12.1 Å². The third-order valence-electron chi connectivity index (χ3n) is 4.97. The van der Waals surface area contributed by atoms with E-state index in [4.69, 9.17) is 24.7 Å². The Hall–Kier alpha value is -3.51. The van der Waals surface area contributed by atoms with Crippen LogP contribution in [0.15, 0.2) is 72.8 Å². The normalized spacial score (nSPS) is 15.4. The highest BCUT2D eigenvalue weighted by Gasteiger charge is 2.22. The van der Waals surface area contributed by atoms with Crippen LogP contribution in [0.2, 0.25) is 0 Å². The molecule has 1 saturated heterocycles. The first kappa shape index (κ1) is 20.8. The Morgan fingerprint density at radius 1 is 0.935 bits per heavy atom. The Labute approximate surface area is 181 Å². The molecule has 0 bridgehead atoms. The SMILES string of the molecule is Nc1cc(OCc2ccccc2)c(O[C@H]2CCOC2)cc1C(=O)OCc1ccccc1. The van der Waals surface area contributed by atoms with Crippen molar-refractivity contribution in [2.24, 2.45) is 0 Å². The lowest BCUT2D eigenvalue weighted by Crippen LogP contribution is -2.17. The number of hydrogen-bond donors (Lipinski definition) is 1. The second kappa shape index (κ2) is 10.00. The van der Waals surface area contributed by atoms with Crippen LogP contribution in [-0.4, -0.2) is 25.3 Å². The largest absolute Gasteiger partial charge is 0.485 e. The number of carbonyl (C=O) groups is 1. The van der Waals surface area contributed by atoms with Crippen LogP contribution in [0.4, 0.5) is 5.69 Å². The summed E-state index contributed by atoms with van der Waals surface area (Å²) in [6.07, 6.45) is 0.673. The van der Waals surface area contributed by atoms with E-state index >= 15 is 0 Å². The predicted molar refractivity (Wildman–Crippen MR) is 117 cm³/mol. The van der Waals surface area contributed by atoms with Crippen LogP contribution >= 0.6 is 0 Å². The number of ether oxygens (including phenoxy) is 4. The molecule has 0 amide bonds. The molecule has 160 valence electrons. The van der Waals surface area contributed by atoms with E-state index in [0.717, 1.165) is 17.5 Å². The molecular formula is C25H25NO5. The fourth-order valence-corrected chi connectivity index (χ4v) is 3.28. The maximum absolute atomic E-state index is 12.7. The van der Waals surface area contributed by atoms with Crippen molar-refractivity contribution >= 4 is 11.7 Å². The van der Waals surface area contributed by atoms with Crippen LogP contribution in [0, 0.1) is 0 Å². The molecule has 3 aromatic rings. The van der Waals surface area contributed by atoms with Crippen molar-refractivity contribution < 1.29 is 23.7 Å². The molecule has 1 aliphatic heterocycles. The second-order valence-corrected chi connectivity index (χ2v) is 7.33. The molecule has 31 heavy (non-hydrogen) atoms. The monoisotopic (exact) mass is 419 g/mol. The highest BCUT2D eigenvalue weighted by Crippen LogP contribution is 2.35. The number of hydrogen-bond acceptors (Lipinski definition) is 6. The lowest BCUT2D eigenvalue weighted by Gasteiger charge is -2.18. The van der Waals surface area contributed by atoms with Crippen LogP contribution in [0.3, 0.4) is 0 Å². The minimum Gasteiger partial charge on any atom is -0.485 e. The quantitative estimate of drug-likeness (QED) is 0.431. The lowest BCUT2D eigenvalue weighted by molar-refractivity contribution is 0.0473. The van der Waals surface area contributed by atoms with Gasteiger partial charge in [-0.3, -0.25) is 0 Å². The fraction of sp³-hybridized carbons (Fsp3) is 0.240. The molecule has 2 N–H and O–H groups in total. The molecule has 6 heteroatoms. The smallest absolute Gasteiger partial charge is 0.340 e. The average molecular weight is 419 g/mol. The summed E-state index contributed by atoms with van der Waals surface area (Å²) in [6.45, 7) is 1.66. The number of benzene rings is 3. The van der Waals surface area contributed by atoms with Crippen molar-refractivity contribution in [1.82, 2.24) is 0 Å². The van der Waals surface area contributed by atoms with Gasteiger partial charge < -0.3 is 24.7 Å². The first-order valence-corrected chi connectivity index (χ1v) is 10.2. The molecule has 0 aliphatic carbocycles. The third-order valence-corrected chi connectivity index (χ3v) is 4.97. The molecule has 0 aromatic heterocycles. The van der Waals surface area contributed by atoms with Crippen LogP contribution < -0.4 is 15.2 Å². The molecule has 0 saturated carbocycles. The molecule has 4 rings (SSSR count). The zero-order valence-electron chi connectivity index (χ0n) is 17.2. The van der Waals surface area contributed by atoms with E-state index in [1.807, 2.05) is 60.7 Å². The van der Waals surface area contributed by atoms with E-state index in [-0.39, 0.29) is 24.0 Å². The van der Waals surface area contributed by atoms with E-state index < -0.39 is 5.97 Å². The predicted octanol–water partition coefficient (Wildman–Crippen LogP) is 4.37. The van der Waals surface area contributed by atoms with Gasteiger partial charge in [0.05, 0.1) is 24.5 Å². The number of esters is 1. The number of nitrogen functional groups attached to an aromatic ring is 1. The Morgan fingerprint density at radius 2 is 1.61 bits per heavy atom. The molecule has 1 atom stereocenters. The van der Waals surface area contributed by atoms with E-state index in [1.165, 1.54) is 0 Å². The van der Waals surface area contributed by atoms with Crippen molar-refractivity contribution in [3.8, 4) is 11.5 Å². The first-order chi connectivity index (χ1) is 15.2. The van der Waals surface area contributed by atoms with Crippen LogP contribution in [0.1, 0.15) is 27.9 Å². The zero-order valence-corrected chi connectivity index (χ0v) is 17.2. The topological polar surface area (TPSA) is 80.0 Å². The highest BCUT2D eigenvalue weighted by atomic mass is 16.6. The molecular weight excluding hydrogens is 394 g/mol. The summed E-state index contributed by atoms with van der Waals surface area (Å²) in [5.41, 5.74) is 8.61. The maximum Gasteiger partial charge on any atom is 0.340 e. The van der Waals surface area contributed by atoms with E-state index in [2.05, 4.69) is 0 Å². The Bertz CT molecular complexity index is 1000. The van der Waals surface area contributed by atoms with Gasteiger partial charge in [-0.05, 0) is 11.1 Å². The van der Waals surface area contributed by atoms with Crippen LogP contribution in [-0.2, 0) is 22.7 Å². The second-order valence-electron chi connectivity index (χ2n) is 7.33. The van der Waals surface area contributed by atoms with Gasteiger partial charge in [0.15, 0.2) is 11.5 Å². The highest BCUT2D eigenvalue weighted by molar-refractivity contribution is 5.96. The third kappa shape index (κ3) is 5.55. The fourth-order valence-electron chi connectivity index (χ4n) is 3.28. The van der Waals surface area contributed by atoms with Gasteiger partial charge in [-0.1, -0.05) is 60.7 Å². The lowest BCUT2D eigenvalue weighted by atomic mass is 10.1. The zero-order chi connectivity index (χ0) is 21.5. The molecule has 0 spiro atoms. The summed E-state index contributed by atoms with van der Waals surface area (Å²) in [5, 5.41) is 0. The van der Waals surface area contributed by atoms with Gasteiger partial charge in [-0.25, -0.2) is 4.79 Å². The molecule has 1 fully saturated rings.